The molecule has 2 aromatic rings. The normalized spacial score (nSPS) is 10.4. The van der Waals surface area contributed by atoms with E-state index in [0.29, 0.717) is 0 Å². The lowest BCUT2D eigenvalue weighted by Gasteiger charge is -1.98. The summed E-state index contributed by atoms with van der Waals surface area (Å²) in [7, 11) is 0. The fourth-order valence-corrected chi connectivity index (χ4v) is 2.83. The van der Waals surface area contributed by atoms with Gasteiger partial charge in [0.15, 0.2) is 4.34 Å². The van der Waals surface area contributed by atoms with Gasteiger partial charge in [-0.05, 0) is 29.2 Å². The van der Waals surface area contributed by atoms with Gasteiger partial charge in [0, 0.05) is 10.2 Å². The van der Waals surface area contributed by atoms with Crippen LogP contribution in [0.25, 0.3) is 0 Å². The minimum atomic E-state index is 0.939. The third kappa shape index (κ3) is 2.80. The minimum absolute atomic E-state index is 0.939. The van der Waals surface area contributed by atoms with Gasteiger partial charge in [-0.3, -0.25) is 0 Å². The lowest BCUT2D eigenvalue weighted by molar-refractivity contribution is 1.21. The van der Waals surface area contributed by atoms with E-state index in [1.165, 1.54) is 17.1 Å². The summed E-state index contributed by atoms with van der Waals surface area (Å²) in [5, 5.41) is 0. The molecule has 0 radical (unpaired) electrons. The Morgan fingerprint density at radius 2 is 2.36 bits per heavy atom. The Hall–Kier alpha value is -0.390. The number of halogens is 1. The maximum atomic E-state index is 4.11. The summed E-state index contributed by atoms with van der Waals surface area (Å²) in [4.78, 5) is 4.11. The van der Waals surface area contributed by atoms with Crippen molar-refractivity contribution in [1.29, 1.82) is 0 Å². The number of hydrogen-bond donors (Lipinski definition) is 0. The monoisotopic (exact) mass is 286 g/mol. The number of nitrogens with zero attached hydrogens (tertiary/aromatic N) is 2. The fourth-order valence-electron chi connectivity index (χ4n) is 0.998. The van der Waals surface area contributed by atoms with E-state index in [9.17, 15) is 0 Å². The summed E-state index contributed by atoms with van der Waals surface area (Å²) < 4.78 is 6.09. The van der Waals surface area contributed by atoms with Crippen molar-refractivity contribution in [2.45, 2.75) is 10.1 Å². The molecule has 0 N–H and O–H groups in total. The second-order valence-electron chi connectivity index (χ2n) is 2.63. The summed E-state index contributed by atoms with van der Waals surface area (Å²) in [6.07, 6.45) is 1.59. The zero-order chi connectivity index (χ0) is 9.80. The van der Waals surface area contributed by atoms with Crippen LogP contribution in [0.5, 0.6) is 0 Å². The van der Waals surface area contributed by atoms with Gasteiger partial charge in [0.1, 0.15) is 6.33 Å². The summed E-state index contributed by atoms with van der Waals surface area (Å²) >= 11 is 6.60. The van der Waals surface area contributed by atoms with Gasteiger partial charge in [0.2, 0.25) is 0 Å². The van der Waals surface area contributed by atoms with Crippen molar-refractivity contribution >= 4 is 39.2 Å². The van der Waals surface area contributed by atoms with E-state index >= 15 is 0 Å². The average Bonchev–Trinajstić information content (AvgIpc) is 2.67. The van der Waals surface area contributed by atoms with Crippen LogP contribution in [0.3, 0.4) is 0 Å². The summed E-state index contributed by atoms with van der Waals surface area (Å²) in [5.74, 6) is 0.939. The molecular formula is C9H7BrN2S2. The molecule has 2 rings (SSSR count). The molecule has 1 aromatic heterocycles. The van der Waals surface area contributed by atoms with Gasteiger partial charge in [-0.15, -0.1) is 0 Å². The molecule has 0 aliphatic heterocycles. The SMILES string of the molecule is Brc1cccc(CSc2ncns2)c1. The van der Waals surface area contributed by atoms with E-state index in [-0.39, 0.29) is 0 Å². The molecule has 0 saturated heterocycles. The highest BCUT2D eigenvalue weighted by molar-refractivity contribution is 9.10. The van der Waals surface area contributed by atoms with Crippen molar-refractivity contribution in [3.05, 3.63) is 40.6 Å². The van der Waals surface area contributed by atoms with Gasteiger partial charge in [-0.2, -0.15) is 4.37 Å². The van der Waals surface area contributed by atoms with Crippen molar-refractivity contribution in [1.82, 2.24) is 9.36 Å². The Morgan fingerprint density at radius 3 is 3.07 bits per heavy atom. The lowest BCUT2D eigenvalue weighted by Crippen LogP contribution is -1.79. The molecule has 0 bridgehead atoms. The third-order valence-electron chi connectivity index (χ3n) is 1.59. The van der Waals surface area contributed by atoms with Crippen LogP contribution in [0, 0.1) is 0 Å². The quantitative estimate of drug-likeness (QED) is 0.807. The molecule has 0 saturated carbocycles. The molecule has 72 valence electrons. The summed E-state index contributed by atoms with van der Waals surface area (Å²) in [6.45, 7) is 0. The third-order valence-corrected chi connectivity index (χ3v) is 3.95. The molecule has 14 heavy (non-hydrogen) atoms. The van der Waals surface area contributed by atoms with E-state index in [4.69, 9.17) is 0 Å². The lowest BCUT2D eigenvalue weighted by atomic mass is 10.2. The van der Waals surface area contributed by atoms with Gasteiger partial charge in [0.25, 0.3) is 0 Å². The second kappa shape index (κ2) is 4.91. The van der Waals surface area contributed by atoms with Crippen molar-refractivity contribution in [3.8, 4) is 0 Å². The van der Waals surface area contributed by atoms with E-state index in [0.717, 1.165) is 14.6 Å². The van der Waals surface area contributed by atoms with Gasteiger partial charge < -0.3 is 0 Å². The highest BCUT2D eigenvalue weighted by atomic mass is 79.9. The van der Waals surface area contributed by atoms with Crippen LogP contribution in [0.15, 0.2) is 39.4 Å². The summed E-state index contributed by atoms with van der Waals surface area (Å²) in [6, 6.07) is 8.30. The second-order valence-corrected chi connectivity index (χ2v) is 5.54. The van der Waals surface area contributed by atoms with E-state index in [1.54, 1.807) is 18.1 Å². The molecule has 1 aromatic carbocycles. The highest BCUT2D eigenvalue weighted by Gasteiger charge is 1.99. The molecule has 0 atom stereocenters. The Labute approximate surface area is 99.1 Å². The van der Waals surface area contributed by atoms with Crippen LogP contribution < -0.4 is 0 Å². The maximum absolute atomic E-state index is 4.11. The number of thioether (sulfide) groups is 1. The van der Waals surface area contributed by atoms with E-state index in [1.807, 2.05) is 12.1 Å². The van der Waals surface area contributed by atoms with Crippen LogP contribution in [0.4, 0.5) is 0 Å². The average molecular weight is 287 g/mol. The number of benzene rings is 1. The maximum Gasteiger partial charge on any atom is 0.170 e. The molecule has 0 amide bonds. The van der Waals surface area contributed by atoms with Crippen LogP contribution in [-0.4, -0.2) is 9.36 Å². The zero-order valence-corrected chi connectivity index (χ0v) is 10.4. The van der Waals surface area contributed by atoms with Gasteiger partial charge >= 0.3 is 0 Å². The minimum Gasteiger partial charge on any atom is -0.216 e. The Bertz CT molecular complexity index is 403. The van der Waals surface area contributed by atoms with Crippen molar-refractivity contribution in [3.63, 3.8) is 0 Å². The predicted octanol–water partition coefficient (Wildman–Crippen LogP) is 3.59. The fraction of sp³-hybridized carbons (Fsp3) is 0.111. The molecule has 0 aliphatic rings. The molecule has 5 heteroatoms. The molecule has 1 heterocycles. The van der Waals surface area contributed by atoms with Crippen molar-refractivity contribution < 1.29 is 0 Å². The molecular weight excluding hydrogens is 280 g/mol. The number of rotatable bonds is 3. The van der Waals surface area contributed by atoms with Crippen molar-refractivity contribution in [2.75, 3.05) is 0 Å². The van der Waals surface area contributed by atoms with E-state index in [2.05, 4.69) is 37.4 Å². The zero-order valence-electron chi connectivity index (χ0n) is 7.18. The Balaban J connectivity index is 1.98. The highest BCUT2D eigenvalue weighted by Crippen LogP contribution is 2.24. The number of aromatic nitrogens is 2. The molecule has 0 unspecified atom stereocenters. The smallest absolute Gasteiger partial charge is 0.170 e. The van der Waals surface area contributed by atoms with Crippen LogP contribution in [-0.2, 0) is 5.75 Å². The first-order chi connectivity index (χ1) is 6.84. The Kier molecular flexibility index (Phi) is 3.55. The number of hydrogen-bond acceptors (Lipinski definition) is 4. The summed E-state index contributed by atoms with van der Waals surface area (Å²) in [5.41, 5.74) is 1.29. The van der Waals surface area contributed by atoms with Gasteiger partial charge in [0.05, 0.1) is 0 Å². The van der Waals surface area contributed by atoms with E-state index < -0.39 is 0 Å². The van der Waals surface area contributed by atoms with Gasteiger partial charge in [-0.1, -0.05) is 39.8 Å². The van der Waals surface area contributed by atoms with Crippen molar-refractivity contribution in [2.24, 2.45) is 0 Å². The van der Waals surface area contributed by atoms with Crippen LogP contribution >= 0.6 is 39.2 Å². The van der Waals surface area contributed by atoms with Crippen LogP contribution in [0.1, 0.15) is 5.56 Å². The Morgan fingerprint density at radius 1 is 1.43 bits per heavy atom. The standard InChI is InChI=1S/C9H7BrN2S2/c10-8-3-1-2-7(4-8)5-13-9-11-6-12-14-9/h1-4,6H,5H2. The first kappa shape index (κ1) is 10.1. The van der Waals surface area contributed by atoms with Gasteiger partial charge in [-0.25, -0.2) is 4.98 Å². The molecule has 2 nitrogen and oxygen atoms in total. The van der Waals surface area contributed by atoms with Crippen LogP contribution in [0.2, 0.25) is 0 Å². The molecule has 0 aliphatic carbocycles. The predicted molar refractivity (Wildman–Crippen MR) is 63.6 cm³/mol. The largest absolute Gasteiger partial charge is 0.216 e. The first-order valence-corrected chi connectivity index (χ1v) is 6.54. The topological polar surface area (TPSA) is 25.8 Å². The molecule has 0 spiro atoms. The first-order valence-electron chi connectivity index (χ1n) is 3.98. The molecule has 0 fully saturated rings.